The van der Waals surface area contributed by atoms with Crippen LogP contribution in [0.25, 0.3) is 10.8 Å². The molecule has 7 nitrogen and oxygen atoms in total. The van der Waals surface area contributed by atoms with Crippen molar-refractivity contribution >= 4 is 23.1 Å². The highest BCUT2D eigenvalue weighted by Gasteiger charge is 2.13. The van der Waals surface area contributed by atoms with E-state index in [0.717, 1.165) is 4.88 Å². The van der Waals surface area contributed by atoms with Crippen LogP contribution in [-0.4, -0.2) is 30.5 Å². The molecule has 0 saturated heterocycles. The van der Waals surface area contributed by atoms with Gasteiger partial charge >= 0.3 is 5.97 Å². The van der Waals surface area contributed by atoms with Gasteiger partial charge in [-0.2, -0.15) is 0 Å². The summed E-state index contributed by atoms with van der Waals surface area (Å²) in [5.74, 6) is 0.554. The first-order valence-corrected chi connectivity index (χ1v) is 8.90. The molecule has 0 unspecified atom stereocenters. The van der Waals surface area contributed by atoms with Crippen LogP contribution in [0.4, 0.5) is 0 Å². The van der Waals surface area contributed by atoms with Crippen molar-refractivity contribution in [1.82, 2.24) is 4.98 Å². The predicted octanol–water partition coefficient (Wildman–Crippen LogP) is 3.74. The lowest BCUT2D eigenvalue weighted by atomic mass is 10.1. The number of esters is 1. The van der Waals surface area contributed by atoms with Crippen molar-refractivity contribution in [2.24, 2.45) is 0 Å². The summed E-state index contributed by atoms with van der Waals surface area (Å²) < 4.78 is 21.1. The van der Waals surface area contributed by atoms with Crippen LogP contribution in [0.1, 0.15) is 23.0 Å². The SMILES string of the molecule is COc1cc(C(C)=O)ccc1OCC(=O)OCc1coc(-c2cccs2)n1. The number of rotatable bonds is 8. The molecular weight excluding hydrogens is 370 g/mol. The van der Waals surface area contributed by atoms with Crippen LogP contribution in [0, 0.1) is 0 Å². The molecule has 0 saturated carbocycles. The Morgan fingerprint density at radius 1 is 1.22 bits per heavy atom. The molecule has 0 radical (unpaired) electrons. The van der Waals surface area contributed by atoms with E-state index in [2.05, 4.69) is 4.98 Å². The Labute approximate surface area is 159 Å². The van der Waals surface area contributed by atoms with Gasteiger partial charge in [-0.05, 0) is 36.6 Å². The molecule has 0 spiro atoms. The number of carbonyl (C=O) groups is 2. The van der Waals surface area contributed by atoms with Crippen LogP contribution < -0.4 is 9.47 Å². The molecule has 8 heteroatoms. The first-order chi connectivity index (χ1) is 13.1. The number of oxazole rings is 1. The molecule has 0 amide bonds. The van der Waals surface area contributed by atoms with E-state index < -0.39 is 5.97 Å². The Hall–Kier alpha value is -3.13. The van der Waals surface area contributed by atoms with Gasteiger partial charge in [0.1, 0.15) is 18.6 Å². The van der Waals surface area contributed by atoms with Crippen LogP contribution in [-0.2, 0) is 16.1 Å². The van der Waals surface area contributed by atoms with Crippen molar-refractivity contribution in [1.29, 1.82) is 0 Å². The van der Waals surface area contributed by atoms with Crippen molar-refractivity contribution in [3.63, 3.8) is 0 Å². The molecule has 27 heavy (non-hydrogen) atoms. The monoisotopic (exact) mass is 387 g/mol. The minimum absolute atomic E-state index is 0.0164. The largest absolute Gasteiger partial charge is 0.493 e. The minimum Gasteiger partial charge on any atom is -0.493 e. The summed E-state index contributed by atoms with van der Waals surface area (Å²) >= 11 is 1.51. The van der Waals surface area contributed by atoms with Crippen LogP contribution in [0.2, 0.25) is 0 Å². The summed E-state index contributed by atoms with van der Waals surface area (Å²) in [4.78, 5) is 28.5. The smallest absolute Gasteiger partial charge is 0.344 e. The van der Waals surface area contributed by atoms with E-state index in [1.54, 1.807) is 18.2 Å². The van der Waals surface area contributed by atoms with Crippen molar-refractivity contribution in [2.45, 2.75) is 13.5 Å². The van der Waals surface area contributed by atoms with Crippen LogP contribution in [0.3, 0.4) is 0 Å². The molecule has 2 aromatic heterocycles. The van der Waals surface area contributed by atoms with Gasteiger partial charge in [-0.1, -0.05) is 6.07 Å². The fraction of sp³-hybridized carbons (Fsp3) is 0.211. The molecule has 0 aliphatic rings. The van der Waals surface area contributed by atoms with Gasteiger partial charge in [0.2, 0.25) is 5.89 Å². The Morgan fingerprint density at radius 3 is 2.78 bits per heavy atom. The molecule has 0 atom stereocenters. The summed E-state index contributed by atoms with van der Waals surface area (Å²) in [7, 11) is 1.46. The van der Waals surface area contributed by atoms with E-state index in [1.165, 1.54) is 31.6 Å². The van der Waals surface area contributed by atoms with Gasteiger partial charge in [0.05, 0.1) is 12.0 Å². The van der Waals surface area contributed by atoms with Gasteiger partial charge in [0, 0.05) is 5.56 Å². The lowest BCUT2D eigenvalue weighted by Gasteiger charge is -2.11. The van der Waals surface area contributed by atoms with Crippen LogP contribution in [0.5, 0.6) is 11.5 Å². The van der Waals surface area contributed by atoms with E-state index in [0.29, 0.717) is 28.6 Å². The highest BCUT2D eigenvalue weighted by molar-refractivity contribution is 7.13. The maximum Gasteiger partial charge on any atom is 0.344 e. The number of aromatic nitrogens is 1. The second-order valence-corrected chi connectivity index (χ2v) is 6.44. The van der Waals surface area contributed by atoms with Crippen molar-refractivity contribution < 1.29 is 28.2 Å². The molecule has 0 bridgehead atoms. The van der Waals surface area contributed by atoms with Gasteiger partial charge < -0.3 is 18.6 Å². The normalized spacial score (nSPS) is 10.4. The summed E-state index contributed by atoms with van der Waals surface area (Å²) in [6.07, 6.45) is 1.45. The number of hydrogen-bond acceptors (Lipinski definition) is 8. The molecule has 2 heterocycles. The second-order valence-electron chi connectivity index (χ2n) is 5.49. The molecule has 0 N–H and O–H groups in total. The van der Waals surface area contributed by atoms with Crippen molar-refractivity contribution in [3.8, 4) is 22.3 Å². The molecule has 0 fully saturated rings. The number of ketones is 1. The number of Topliss-reactive ketones (excluding diaryl/α,β-unsaturated/α-hetero) is 1. The molecule has 140 valence electrons. The van der Waals surface area contributed by atoms with Gasteiger partial charge in [-0.3, -0.25) is 4.79 Å². The van der Waals surface area contributed by atoms with Crippen molar-refractivity contribution in [3.05, 3.63) is 53.2 Å². The standard InChI is InChI=1S/C19H17NO6S/c1-12(21)13-5-6-15(16(8-13)23-2)24-11-18(22)25-9-14-10-26-19(20-14)17-4-3-7-27-17/h3-8,10H,9,11H2,1-2H3. The summed E-state index contributed by atoms with van der Waals surface area (Å²) in [6.45, 7) is 1.14. The summed E-state index contributed by atoms with van der Waals surface area (Å²) in [5.41, 5.74) is 1.00. The Bertz CT molecular complexity index is 932. The lowest BCUT2D eigenvalue weighted by Crippen LogP contribution is -2.15. The first-order valence-electron chi connectivity index (χ1n) is 8.02. The molecular formula is C19H17NO6S. The number of thiophene rings is 1. The first kappa shape index (κ1) is 18.7. The lowest BCUT2D eigenvalue weighted by molar-refractivity contribution is -0.147. The summed E-state index contributed by atoms with van der Waals surface area (Å²) in [6, 6.07) is 8.54. The molecule has 0 aliphatic carbocycles. The highest BCUT2D eigenvalue weighted by Crippen LogP contribution is 2.28. The Balaban J connectivity index is 1.52. The molecule has 1 aromatic carbocycles. The van der Waals surface area contributed by atoms with Crippen molar-refractivity contribution in [2.75, 3.05) is 13.7 Å². The topological polar surface area (TPSA) is 87.9 Å². The summed E-state index contributed by atoms with van der Waals surface area (Å²) in [5, 5.41) is 1.92. The highest BCUT2D eigenvalue weighted by atomic mass is 32.1. The predicted molar refractivity (Wildman–Crippen MR) is 98.1 cm³/mol. The van der Waals surface area contributed by atoms with Crippen LogP contribution >= 0.6 is 11.3 Å². The second kappa shape index (κ2) is 8.50. The van der Waals surface area contributed by atoms with Gasteiger partial charge in [0.25, 0.3) is 0 Å². The van der Waals surface area contributed by atoms with E-state index in [4.69, 9.17) is 18.6 Å². The third-order valence-electron chi connectivity index (χ3n) is 3.58. The number of ether oxygens (including phenoxy) is 3. The van der Waals surface area contributed by atoms with Gasteiger partial charge in [-0.25, -0.2) is 9.78 Å². The van der Waals surface area contributed by atoms with Gasteiger partial charge in [-0.15, -0.1) is 11.3 Å². The third-order valence-corrected chi connectivity index (χ3v) is 4.44. The molecule has 3 aromatic rings. The van der Waals surface area contributed by atoms with Crippen LogP contribution in [0.15, 0.2) is 46.4 Å². The fourth-order valence-corrected chi connectivity index (χ4v) is 2.88. The quantitative estimate of drug-likeness (QED) is 0.430. The number of hydrogen-bond donors (Lipinski definition) is 0. The van der Waals surface area contributed by atoms with E-state index in [-0.39, 0.29) is 19.0 Å². The Morgan fingerprint density at radius 2 is 2.07 bits per heavy atom. The van der Waals surface area contributed by atoms with E-state index in [9.17, 15) is 9.59 Å². The minimum atomic E-state index is -0.562. The molecule has 0 aliphatic heterocycles. The third kappa shape index (κ3) is 4.73. The maximum atomic E-state index is 11.9. The fourth-order valence-electron chi connectivity index (χ4n) is 2.23. The maximum absolute atomic E-state index is 11.9. The zero-order chi connectivity index (χ0) is 19.2. The zero-order valence-corrected chi connectivity index (χ0v) is 15.6. The van der Waals surface area contributed by atoms with Gasteiger partial charge in [0.15, 0.2) is 23.9 Å². The average molecular weight is 387 g/mol. The van der Waals surface area contributed by atoms with E-state index in [1.807, 2.05) is 17.5 Å². The van der Waals surface area contributed by atoms with E-state index >= 15 is 0 Å². The number of nitrogens with zero attached hydrogens (tertiary/aromatic N) is 1. The Kier molecular flexibility index (Phi) is 5.87. The number of benzene rings is 1. The number of carbonyl (C=O) groups excluding carboxylic acids is 2. The zero-order valence-electron chi connectivity index (χ0n) is 14.8. The molecule has 3 rings (SSSR count). The number of methoxy groups -OCH3 is 1. The average Bonchev–Trinajstić information content (AvgIpc) is 3.35.